The van der Waals surface area contributed by atoms with Crippen LogP contribution in [0.1, 0.15) is 22.3 Å². The van der Waals surface area contributed by atoms with E-state index in [2.05, 4.69) is 13.2 Å². The van der Waals surface area contributed by atoms with E-state index in [1.54, 1.807) is 12.1 Å². The topological polar surface area (TPSA) is 61.8 Å². The molecule has 6 heteroatoms. The molecule has 0 N–H and O–H groups in total. The molecule has 0 aromatic heterocycles. The lowest BCUT2D eigenvalue weighted by atomic mass is 10.1. The van der Waals surface area contributed by atoms with Crippen LogP contribution in [0, 0.1) is 5.82 Å². The summed E-state index contributed by atoms with van der Waals surface area (Å²) in [5.74, 6) is -1.26. The highest BCUT2D eigenvalue weighted by Gasteiger charge is 2.07. The van der Waals surface area contributed by atoms with Gasteiger partial charge in [0.15, 0.2) is 11.6 Å². The number of carbonyl (C=O) groups excluding carboxylic acids is 2. The molecule has 36 heavy (non-hydrogen) atoms. The Morgan fingerprint density at radius 3 is 1.72 bits per heavy atom. The molecule has 0 fully saturated rings. The van der Waals surface area contributed by atoms with Gasteiger partial charge in [0.25, 0.3) is 0 Å². The van der Waals surface area contributed by atoms with Crippen molar-refractivity contribution in [3.8, 4) is 11.5 Å². The first-order valence-corrected chi connectivity index (χ1v) is 11.1. The second kappa shape index (κ2) is 13.2. The molecule has 3 aromatic rings. The van der Waals surface area contributed by atoms with Gasteiger partial charge in [-0.2, -0.15) is 0 Å². The smallest absolute Gasteiger partial charge is 0.335 e. The molecule has 5 nitrogen and oxygen atoms in total. The number of hydrogen-bond acceptors (Lipinski definition) is 5. The summed E-state index contributed by atoms with van der Waals surface area (Å²) in [6.07, 6.45) is 9.73. The minimum absolute atomic E-state index is 0.137. The normalized spacial score (nSPS) is 10.8. The van der Waals surface area contributed by atoms with Gasteiger partial charge >= 0.3 is 11.9 Å². The maximum atomic E-state index is 14.1. The van der Waals surface area contributed by atoms with Crippen LogP contribution in [0.15, 0.2) is 92.0 Å². The van der Waals surface area contributed by atoms with Crippen molar-refractivity contribution in [2.24, 2.45) is 0 Å². The second-order valence-electron chi connectivity index (χ2n) is 7.44. The number of rotatable bonds is 11. The SMILES string of the molecule is C=CC(=O)OCCOc1ccc(C=Cc2ccc(C=Cc3ccc(OC(=O)C=C)c(F)c3)cc2)cc1. The first-order valence-electron chi connectivity index (χ1n) is 11.1. The molecule has 0 radical (unpaired) electrons. The van der Waals surface area contributed by atoms with E-state index in [-0.39, 0.29) is 19.0 Å². The number of ether oxygens (including phenoxy) is 3. The van der Waals surface area contributed by atoms with Gasteiger partial charge in [0, 0.05) is 12.2 Å². The van der Waals surface area contributed by atoms with Gasteiger partial charge in [-0.25, -0.2) is 14.0 Å². The van der Waals surface area contributed by atoms with E-state index in [1.807, 2.05) is 66.8 Å². The summed E-state index contributed by atoms with van der Waals surface area (Å²) in [4.78, 5) is 22.2. The maximum Gasteiger partial charge on any atom is 0.335 e. The highest BCUT2D eigenvalue weighted by molar-refractivity contribution is 5.83. The molecule has 0 atom stereocenters. The zero-order chi connectivity index (χ0) is 25.8. The standard InChI is InChI=1S/C30H25FO5/c1-3-29(32)35-20-19-34-26-16-13-24(14-17-26)10-9-22-5-7-23(8-6-22)11-12-25-15-18-28(27(31)21-25)36-30(33)4-2/h3-18,21H,1-2,19-20H2. The predicted molar refractivity (Wildman–Crippen MR) is 140 cm³/mol. The molecule has 0 saturated heterocycles. The Morgan fingerprint density at radius 1 is 0.694 bits per heavy atom. The van der Waals surface area contributed by atoms with Gasteiger partial charge < -0.3 is 14.2 Å². The molecule has 0 heterocycles. The fraction of sp³-hybridized carbons (Fsp3) is 0.0667. The van der Waals surface area contributed by atoms with Crippen molar-refractivity contribution >= 4 is 36.2 Å². The Morgan fingerprint density at radius 2 is 1.19 bits per heavy atom. The third-order valence-electron chi connectivity index (χ3n) is 4.85. The summed E-state index contributed by atoms with van der Waals surface area (Å²) in [5.41, 5.74) is 3.62. The first-order chi connectivity index (χ1) is 17.5. The van der Waals surface area contributed by atoms with Gasteiger partial charge in [-0.1, -0.05) is 79.9 Å². The zero-order valence-electron chi connectivity index (χ0n) is 19.6. The predicted octanol–water partition coefficient (Wildman–Crippen LogP) is 6.37. The van der Waals surface area contributed by atoms with Gasteiger partial charge in [-0.15, -0.1) is 0 Å². The minimum atomic E-state index is -0.710. The van der Waals surface area contributed by atoms with E-state index < -0.39 is 17.8 Å². The van der Waals surface area contributed by atoms with E-state index in [4.69, 9.17) is 14.2 Å². The van der Waals surface area contributed by atoms with Crippen LogP contribution in [0.5, 0.6) is 11.5 Å². The minimum Gasteiger partial charge on any atom is -0.490 e. The Kier molecular flexibility index (Phi) is 9.53. The lowest BCUT2D eigenvalue weighted by Gasteiger charge is -2.06. The van der Waals surface area contributed by atoms with Crippen molar-refractivity contribution in [1.29, 1.82) is 0 Å². The molecule has 0 unspecified atom stereocenters. The summed E-state index contributed by atoms with van der Waals surface area (Å²) in [5, 5.41) is 0. The van der Waals surface area contributed by atoms with Crippen LogP contribution in [-0.2, 0) is 14.3 Å². The molecule has 3 aromatic carbocycles. The van der Waals surface area contributed by atoms with Crippen LogP contribution in [0.3, 0.4) is 0 Å². The average Bonchev–Trinajstić information content (AvgIpc) is 2.91. The number of benzene rings is 3. The van der Waals surface area contributed by atoms with Crippen molar-refractivity contribution in [3.05, 3.63) is 120 Å². The molecule has 0 amide bonds. The summed E-state index contributed by atoms with van der Waals surface area (Å²) in [6.45, 7) is 7.05. The third-order valence-corrected chi connectivity index (χ3v) is 4.85. The fourth-order valence-corrected chi connectivity index (χ4v) is 2.99. The molecule has 0 spiro atoms. The summed E-state index contributed by atoms with van der Waals surface area (Å²) in [6, 6.07) is 19.8. The molecule has 0 aliphatic rings. The largest absolute Gasteiger partial charge is 0.490 e. The van der Waals surface area contributed by atoms with E-state index in [0.717, 1.165) is 28.8 Å². The van der Waals surface area contributed by atoms with Gasteiger partial charge in [0.1, 0.15) is 19.0 Å². The molecule has 0 aliphatic carbocycles. The average molecular weight is 485 g/mol. The Bertz CT molecular complexity index is 1270. The Hall–Kier alpha value is -4.71. The van der Waals surface area contributed by atoms with E-state index in [9.17, 15) is 14.0 Å². The molecule has 0 saturated carbocycles. The van der Waals surface area contributed by atoms with E-state index in [1.165, 1.54) is 12.1 Å². The fourth-order valence-electron chi connectivity index (χ4n) is 2.99. The van der Waals surface area contributed by atoms with E-state index >= 15 is 0 Å². The van der Waals surface area contributed by atoms with Crippen LogP contribution in [-0.4, -0.2) is 25.2 Å². The lowest BCUT2D eigenvalue weighted by Crippen LogP contribution is -2.10. The Labute approximate surface area is 209 Å². The summed E-state index contributed by atoms with van der Waals surface area (Å²) in [7, 11) is 0. The number of halogens is 1. The molecular formula is C30H25FO5. The second-order valence-corrected chi connectivity index (χ2v) is 7.44. The quantitative estimate of drug-likeness (QED) is 0.104. The lowest BCUT2D eigenvalue weighted by molar-refractivity contribution is -0.138. The van der Waals surface area contributed by atoms with Gasteiger partial charge in [-0.3, -0.25) is 0 Å². The highest BCUT2D eigenvalue weighted by Crippen LogP contribution is 2.20. The van der Waals surface area contributed by atoms with Gasteiger partial charge in [0.2, 0.25) is 0 Å². The van der Waals surface area contributed by atoms with Crippen LogP contribution < -0.4 is 9.47 Å². The van der Waals surface area contributed by atoms with Crippen LogP contribution in [0.2, 0.25) is 0 Å². The number of esters is 2. The Balaban J connectivity index is 1.52. The van der Waals surface area contributed by atoms with Crippen molar-refractivity contribution in [1.82, 2.24) is 0 Å². The van der Waals surface area contributed by atoms with Gasteiger partial charge in [-0.05, 0) is 46.5 Å². The highest BCUT2D eigenvalue weighted by atomic mass is 19.1. The number of hydrogen-bond donors (Lipinski definition) is 0. The maximum absolute atomic E-state index is 14.1. The molecular weight excluding hydrogens is 459 g/mol. The van der Waals surface area contributed by atoms with Crippen LogP contribution >= 0.6 is 0 Å². The summed E-state index contributed by atoms with van der Waals surface area (Å²) >= 11 is 0. The number of carbonyl (C=O) groups is 2. The van der Waals surface area contributed by atoms with Crippen molar-refractivity contribution < 1.29 is 28.2 Å². The van der Waals surface area contributed by atoms with Crippen LogP contribution in [0.4, 0.5) is 4.39 Å². The van der Waals surface area contributed by atoms with Crippen LogP contribution in [0.25, 0.3) is 24.3 Å². The van der Waals surface area contributed by atoms with Crippen molar-refractivity contribution in [2.45, 2.75) is 0 Å². The van der Waals surface area contributed by atoms with E-state index in [0.29, 0.717) is 11.3 Å². The monoisotopic (exact) mass is 484 g/mol. The van der Waals surface area contributed by atoms with Gasteiger partial charge in [0.05, 0.1) is 0 Å². The first kappa shape index (κ1) is 25.9. The molecule has 3 rings (SSSR count). The van der Waals surface area contributed by atoms with Crippen molar-refractivity contribution in [3.63, 3.8) is 0 Å². The molecule has 0 bridgehead atoms. The third kappa shape index (κ3) is 8.25. The molecule has 0 aliphatic heterocycles. The summed E-state index contributed by atoms with van der Waals surface area (Å²) < 4.78 is 29.3. The van der Waals surface area contributed by atoms with Crippen molar-refractivity contribution in [2.75, 3.05) is 13.2 Å². The molecule has 182 valence electrons. The zero-order valence-corrected chi connectivity index (χ0v) is 19.6.